The number of thioether (sulfide) groups is 1. The highest BCUT2D eigenvalue weighted by molar-refractivity contribution is 7.98. The molecule has 3 fully saturated rings. The SMILES string of the molecule is C=CCOC12Oc3ccc(Oc4ccc(SC)cc4)cc3C3C(CCCCO)C(CCCCO)C=C(C(=NOC4CCCCO4)CC1N(Cc1ccc4c(c1)OCO4)C(=O)CCC1CCCC1)C32. The molecular formula is C55H70N2O10S. The lowest BCUT2D eigenvalue weighted by molar-refractivity contribution is -0.258. The number of benzene rings is 3. The molecule has 3 aliphatic heterocycles. The number of fused-ring (bicyclic) bond motifs is 3. The summed E-state index contributed by atoms with van der Waals surface area (Å²) < 4.78 is 39.2. The van der Waals surface area contributed by atoms with E-state index in [1.165, 1.54) is 12.8 Å². The van der Waals surface area contributed by atoms with Gasteiger partial charge in [-0.05, 0) is 135 Å². The molecule has 0 bridgehead atoms. The van der Waals surface area contributed by atoms with E-state index >= 15 is 4.79 Å². The van der Waals surface area contributed by atoms with E-state index in [4.69, 9.17) is 38.4 Å². The van der Waals surface area contributed by atoms with Crippen molar-refractivity contribution in [2.45, 2.75) is 138 Å². The maximum absolute atomic E-state index is 15.4. The minimum atomic E-state index is -1.39. The van der Waals surface area contributed by atoms with Gasteiger partial charge in [-0.15, -0.1) is 18.3 Å². The van der Waals surface area contributed by atoms with Gasteiger partial charge in [0.2, 0.25) is 24.8 Å². The molecule has 3 aliphatic carbocycles. The fraction of sp³-hybridized carbons (Fsp3) is 0.564. The number of amides is 1. The van der Waals surface area contributed by atoms with E-state index in [0.29, 0.717) is 61.2 Å². The summed E-state index contributed by atoms with van der Waals surface area (Å²) in [6.45, 7) is 5.58. The molecular weight excluding hydrogens is 881 g/mol. The Balaban J connectivity index is 1.22. The van der Waals surface area contributed by atoms with Gasteiger partial charge in [0.1, 0.15) is 23.3 Å². The van der Waals surface area contributed by atoms with Crippen molar-refractivity contribution in [3.63, 3.8) is 0 Å². The smallest absolute Gasteiger partial charge is 0.239 e. The van der Waals surface area contributed by atoms with Gasteiger partial charge in [-0.1, -0.05) is 61.9 Å². The van der Waals surface area contributed by atoms with Crippen LogP contribution in [-0.4, -0.2) is 84.3 Å². The number of aliphatic hydroxyl groups excluding tert-OH is 2. The number of aliphatic hydroxyl groups is 2. The highest BCUT2D eigenvalue weighted by Crippen LogP contribution is 2.62. The largest absolute Gasteiger partial charge is 0.459 e. The highest BCUT2D eigenvalue weighted by Gasteiger charge is 2.65. The zero-order valence-electron chi connectivity index (χ0n) is 39.7. The molecule has 9 rings (SSSR count). The van der Waals surface area contributed by atoms with Crippen LogP contribution >= 0.6 is 11.8 Å². The zero-order chi connectivity index (χ0) is 46.9. The summed E-state index contributed by atoms with van der Waals surface area (Å²) in [4.78, 5) is 25.0. The summed E-state index contributed by atoms with van der Waals surface area (Å²) in [5, 5.41) is 25.2. The van der Waals surface area contributed by atoms with Crippen LogP contribution in [-0.2, 0) is 25.7 Å². The summed E-state index contributed by atoms with van der Waals surface area (Å²) in [5.74, 6) is 2.12. The van der Waals surface area contributed by atoms with E-state index in [9.17, 15) is 10.2 Å². The molecule has 0 spiro atoms. The molecule has 0 aromatic heterocycles. The standard InChI is InChI=1S/C55H70N2O10S/c1-3-29-64-55-50(57(51(60)26-18-37-12-4-5-13-37)35-38-17-24-48-49(31-38)63-36-62-48)34-46(56-67-52-16-8-11-30-61-52)44-32-39(14-6-9-27-58)43(15-7-10-28-59)53(54(44)55)45-33-41(21-25-47(45)66-55)65-40-19-22-42(68-2)23-20-40/h3,17,19-25,31-33,37,39,43,50,52-54,58-59H,1,4-16,18,26-30,34-36H2,2H3. The minimum Gasteiger partial charge on any atom is -0.459 e. The van der Waals surface area contributed by atoms with Crippen LogP contribution in [0.1, 0.15) is 120 Å². The molecule has 1 amide bonds. The minimum absolute atomic E-state index is 0.0313. The van der Waals surface area contributed by atoms with Crippen molar-refractivity contribution in [1.82, 2.24) is 4.90 Å². The van der Waals surface area contributed by atoms with Crippen LogP contribution in [0.15, 0.2) is 95.0 Å². The lowest BCUT2D eigenvalue weighted by Crippen LogP contribution is -2.70. The first-order valence-corrected chi connectivity index (χ1v) is 26.5. The second-order valence-electron chi connectivity index (χ2n) is 19.4. The quantitative estimate of drug-likeness (QED) is 0.0431. The van der Waals surface area contributed by atoms with Crippen LogP contribution in [0.25, 0.3) is 0 Å². The van der Waals surface area contributed by atoms with Crippen molar-refractivity contribution < 1.29 is 48.3 Å². The monoisotopic (exact) mass is 950 g/mol. The molecule has 366 valence electrons. The third-order valence-corrected chi connectivity index (χ3v) is 15.8. The molecule has 6 aliphatic rings. The number of oxime groups is 1. The van der Waals surface area contributed by atoms with E-state index < -0.39 is 24.0 Å². The lowest BCUT2D eigenvalue weighted by atomic mass is 9.55. The van der Waals surface area contributed by atoms with Gasteiger partial charge in [-0.2, -0.15) is 0 Å². The van der Waals surface area contributed by atoms with Crippen LogP contribution in [0, 0.1) is 23.7 Å². The third kappa shape index (κ3) is 10.8. The second kappa shape index (κ2) is 22.9. The Morgan fingerprint density at radius 1 is 0.897 bits per heavy atom. The van der Waals surface area contributed by atoms with Gasteiger partial charge in [-0.3, -0.25) is 4.79 Å². The van der Waals surface area contributed by atoms with Crippen molar-refractivity contribution in [2.75, 3.05) is 39.5 Å². The first kappa shape index (κ1) is 48.5. The Labute approximate surface area is 406 Å². The van der Waals surface area contributed by atoms with Gasteiger partial charge in [0, 0.05) is 55.4 Å². The predicted octanol–water partition coefficient (Wildman–Crippen LogP) is 11.1. The van der Waals surface area contributed by atoms with Gasteiger partial charge in [0.05, 0.1) is 24.8 Å². The van der Waals surface area contributed by atoms with Crippen LogP contribution in [0.3, 0.4) is 0 Å². The second-order valence-corrected chi connectivity index (χ2v) is 20.2. The molecule has 13 heteroatoms. The molecule has 2 N–H and O–H groups in total. The number of ether oxygens (including phenoxy) is 6. The Hall–Kier alpha value is -4.53. The number of rotatable bonds is 22. The molecule has 7 unspecified atom stereocenters. The molecule has 3 aromatic rings. The van der Waals surface area contributed by atoms with Crippen molar-refractivity contribution in [3.8, 4) is 28.7 Å². The van der Waals surface area contributed by atoms with Gasteiger partial charge in [-0.25, -0.2) is 0 Å². The summed E-state index contributed by atoms with van der Waals surface area (Å²) in [6.07, 6.45) is 19.4. The molecule has 3 heterocycles. The summed E-state index contributed by atoms with van der Waals surface area (Å²) in [5.41, 5.74) is 3.66. The van der Waals surface area contributed by atoms with Crippen LogP contribution in [0.4, 0.5) is 0 Å². The third-order valence-electron chi connectivity index (χ3n) is 15.1. The normalized spacial score (nSPS) is 26.6. The van der Waals surface area contributed by atoms with E-state index in [2.05, 4.69) is 37.1 Å². The summed E-state index contributed by atoms with van der Waals surface area (Å²) in [7, 11) is 0. The first-order valence-electron chi connectivity index (χ1n) is 25.3. The van der Waals surface area contributed by atoms with Crippen molar-refractivity contribution >= 4 is 23.4 Å². The van der Waals surface area contributed by atoms with Crippen molar-refractivity contribution in [3.05, 3.63) is 96.1 Å². The van der Waals surface area contributed by atoms with E-state index in [1.54, 1.807) is 17.8 Å². The highest BCUT2D eigenvalue weighted by atomic mass is 32.2. The number of carbonyl (C=O) groups is 1. The molecule has 7 atom stereocenters. The molecule has 3 aromatic carbocycles. The maximum Gasteiger partial charge on any atom is 0.239 e. The van der Waals surface area contributed by atoms with Gasteiger partial charge in [0.15, 0.2) is 11.5 Å². The fourth-order valence-corrected chi connectivity index (χ4v) is 12.2. The number of hydrogen-bond acceptors (Lipinski definition) is 12. The summed E-state index contributed by atoms with van der Waals surface area (Å²) >= 11 is 1.69. The van der Waals surface area contributed by atoms with Crippen LogP contribution in [0.5, 0.6) is 28.7 Å². The fourth-order valence-electron chi connectivity index (χ4n) is 11.8. The van der Waals surface area contributed by atoms with Gasteiger partial charge in [0.25, 0.3) is 0 Å². The Morgan fingerprint density at radius 3 is 2.43 bits per heavy atom. The average molecular weight is 951 g/mol. The predicted molar refractivity (Wildman–Crippen MR) is 262 cm³/mol. The number of carbonyl (C=O) groups excluding carboxylic acids is 1. The van der Waals surface area contributed by atoms with Crippen LogP contribution < -0.4 is 18.9 Å². The zero-order valence-corrected chi connectivity index (χ0v) is 40.5. The topological polar surface area (TPSA) is 138 Å². The molecule has 12 nitrogen and oxygen atoms in total. The number of nitrogens with zero attached hydrogens (tertiary/aromatic N) is 2. The van der Waals surface area contributed by atoms with Gasteiger partial charge >= 0.3 is 0 Å². The maximum atomic E-state index is 15.4. The van der Waals surface area contributed by atoms with Gasteiger partial charge < -0.3 is 48.4 Å². The number of unbranched alkanes of at least 4 members (excludes halogenated alkanes) is 2. The number of hydrogen-bond donors (Lipinski definition) is 2. The lowest BCUT2D eigenvalue weighted by Gasteiger charge is -2.60. The number of allylic oxidation sites excluding steroid dienone is 1. The van der Waals surface area contributed by atoms with Crippen molar-refractivity contribution in [2.24, 2.45) is 28.8 Å². The molecule has 0 radical (unpaired) electrons. The first-order chi connectivity index (χ1) is 33.4. The Morgan fingerprint density at radius 2 is 1.66 bits per heavy atom. The molecule has 1 saturated heterocycles. The Bertz CT molecular complexity index is 2240. The van der Waals surface area contributed by atoms with E-state index in [1.807, 2.05) is 47.4 Å². The average Bonchev–Trinajstić information content (AvgIpc) is 4.08. The van der Waals surface area contributed by atoms with E-state index in [0.717, 1.165) is 97.3 Å². The van der Waals surface area contributed by atoms with Crippen LogP contribution in [0.2, 0.25) is 0 Å². The molecule has 68 heavy (non-hydrogen) atoms. The molecule has 2 saturated carbocycles. The Kier molecular flexibility index (Phi) is 16.3. The summed E-state index contributed by atoms with van der Waals surface area (Å²) in [6, 6.07) is 19.5. The van der Waals surface area contributed by atoms with Crippen molar-refractivity contribution in [1.29, 1.82) is 0 Å². The van der Waals surface area contributed by atoms with E-state index in [-0.39, 0.29) is 56.8 Å².